The molecule has 0 amide bonds. The molecule has 0 aromatic carbocycles. The van der Waals surface area contributed by atoms with E-state index in [0.717, 1.165) is 24.4 Å². The van der Waals surface area contributed by atoms with Crippen molar-refractivity contribution in [1.82, 2.24) is 9.55 Å². The lowest BCUT2D eigenvalue weighted by Crippen LogP contribution is -2.17. The van der Waals surface area contributed by atoms with E-state index >= 15 is 0 Å². The number of nitrogens with one attached hydrogen (secondary N) is 1. The molecule has 96 valence electrons. The lowest BCUT2D eigenvalue weighted by atomic mass is 10.1. The maximum absolute atomic E-state index is 4.46. The van der Waals surface area contributed by atoms with E-state index < -0.39 is 0 Å². The van der Waals surface area contributed by atoms with E-state index in [1.54, 1.807) is 0 Å². The zero-order valence-electron chi connectivity index (χ0n) is 11.4. The molecule has 3 nitrogen and oxygen atoms in total. The molecule has 2 heterocycles. The largest absolute Gasteiger partial charge is 0.368 e. The highest BCUT2D eigenvalue weighted by Gasteiger charge is 2.05. The van der Waals surface area contributed by atoms with Crippen LogP contribution in [0.5, 0.6) is 0 Å². The van der Waals surface area contributed by atoms with Crippen LogP contribution in [-0.4, -0.2) is 15.6 Å². The standard InChI is InChI=1S/C15H21N3/c1-12-6-4-8-15(16-12)17-13(2)9-10-14-7-5-11-18(14)3/h4-8,11,13H,9-10H2,1-3H3,(H,16,17). The van der Waals surface area contributed by atoms with Crippen LogP contribution in [0.3, 0.4) is 0 Å². The van der Waals surface area contributed by atoms with Crippen LogP contribution in [-0.2, 0) is 13.5 Å². The number of hydrogen-bond acceptors (Lipinski definition) is 2. The molecule has 0 aliphatic rings. The van der Waals surface area contributed by atoms with Crippen molar-refractivity contribution in [3.63, 3.8) is 0 Å². The second-order valence-electron chi connectivity index (χ2n) is 4.86. The number of anilines is 1. The minimum absolute atomic E-state index is 0.425. The zero-order valence-corrected chi connectivity index (χ0v) is 11.4. The van der Waals surface area contributed by atoms with Crippen LogP contribution in [0.4, 0.5) is 5.82 Å². The van der Waals surface area contributed by atoms with Gasteiger partial charge in [0.2, 0.25) is 0 Å². The Hall–Kier alpha value is -1.77. The highest BCUT2D eigenvalue weighted by atomic mass is 15.0. The van der Waals surface area contributed by atoms with E-state index in [-0.39, 0.29) is 0 Å². The van der Waals surface area contributed by atoms with Crippen molar-refractivity contribution >= 4 is 5.82 Å². The number of rotatable bonds is 5. The first-order valence-corrected chi connectivity index (χ1v) is 6.45. The molecule has 0 aliphatic carbocycles. The normalized spacial score (nSPS) is 12.4. The van der Waals surface area contributed by atoms with Crippen molar-refractivity contribution in [3.05, 3.63) is 47.9 Å². The Balaban J connectivity index is 1.86. The zero-order chi connectivity index (χ0) is 13.0. The van der Waals surface area contributed by atoms with Gasteiger partial charge in [-0.15, -0.1) is 0 Å². The van der Waals surface area contributed by atoms with Gasteiger partial charge in [-0.25, -0.2) is 4.98 Å². The average molecular weight is 243 g/mol. The van der Waals surface area contributed by atoms with Crippen molar-refractivity contribution in [2.75, 3.05) is 5.32 Å². The van der Waals surface area contributed by atoms with Crippen molar-refractivity contribution in [1.29, 1.82) is 0 Å². The lowest BCUT2D eigenvalue weighted by Gasteiger charge is -2.15. The SMILES string of the molecule is Cc1cccc(NC(C)CCc2cccn2C)n1. The molecular weight excluding hydrogens is 222 g/mol. The van der Waals surface area contributed by atoms with Gasteiger partial charge >= 0.3 is 0 Å². The van der Waals surface area contributed by atoms with Gasteiger partial charge in [0.05, 0.1) is 0 Å². The molecule has 1 atom stereocenters. The van der Waals surface area contributed by atoms with E-state index in [4.69, 9.17) is 0 Å². The first kappa shape index (κ1) is 12.7. The van der Waals surface area contributed by atoms with Crippen LogP contribution in [0.15, 0.2) is 36.5 Å². The summed E-state index contributed by atoms with van der Waals surface area (Å²) in [7, 11) is 2.09. The minimum Gasteiger partial charge on any atom is -0.368 e. The summed E-state index contributed by atoms with van der Waals surface area (Å²) in [5.41, 5.74) is 2.43. The van der Waals surface area contributed by atoms with Crippen molar-refractivity contribution < 1.29 is 0 Å². The van der Waals surface area contributed by atoms with Crippen LogP contribution < -0.4 is 5.32 Å². The predicted octanol–water partition coefficient (Wildman–Crippen LogP) is 3.16. The van der Waals surface area contributed by atoms with Gasteiger partial charge in [0.15, 0.2) is 0 Å². The number of nitrogens with zero attached hydrogens (tertiary/aromatic N) is 2. The average Bonchev–Trinajstić information content (AvgIpc) is 2.72. The van der Waals surface area contributed by atoms with E-state index in [1.165, 1.54) is 5.69 Å². The number of pyridine rings is 1. The summed E-state index contributed by atoms with van der Waals surface area (Å²) >= 11 is 0. The topological polar surface area (TPSA) is 29.9 Å². The van der Waals surface area contributed by atoms with Gasteiger partial charge in [-0.3, -0.25) is 0 Å². The fraction of sp³-hybridized carbons (Fsp3) is 0.400. The summed E-state index contributed by atoms with van der Waals surface area (Å²) < 4.78 is 2.18. The molecule has 2 aromatic rings. The molecule has 2 rings (SSSR count). The van der Waals surface area contributed by atoms with E-state index in [9.17, 15) is 0 Å². The van der Waals surface area contributed by atoms with Gasteiger partial charge in [-0.1, -0.05) is 6.07 Å². The summed E-state index contributed by atoms with van der Waals surface area (Å²) in [5, 5.41) is 3.44. The van der Waals surface area contributed by atoms with Crippen molar-refractivity contribution in [2.45, 2.75) is 32.7 Å². The van der Waals surface area contributed by atoms with Gasteiger partial charge in [0.1, 0.15) is 5.82 Å². The fourth-order valence-corrected chi connectivity index (χ4v) is 2.07. The molecule has 0 radical (unpaired) electrons. The molecule has 1 unspecified atom stereocenters. The molecule has 0 saturated heterocycles. The maximum atomic E-state index is 4.46. The van der Waals surface area contributed by atoms with Gasteiger partial charge in [-0.05, 0) is 51.0 Å². The van der Waals surface area contributed by atoms with Crippen LogP contribution in [0.1, 0.15) is 24.7 Å². The molecule has 18 heavy (non-hydrogen) atoms. The lowest BCUT2D eigenvalue weighted by molar-refractivity contribution is 0.673. The first-order valence-electron chi connectivity index (χ1n) is 6.45. The Bertz CT molecular complexity index is 502. The van der Waals surface area contributed by atoms with Gasteiger partial charge < -0.3 is 9.88 Å². The number of aromatic nitrogens is 2. The smallest absolute Gasteiger partial charge is 0.126 e. The van der Waals surface area contributed by atoms with Crippen LogP contribution in [0.25, 0.3) is 0 Å². The third-order valence-corrected chi connectivity index (χ3v) is 3.17. The van der Waals surface area contributed by atoms with Gasteiger partial charge in [-0.2, -0.15) is 0 Å². The summed E-state index contributed by atoms with van der Waals surface area (Å²) in [5.74, 6) is 0.967. The number of hydrogen-bond donors (Lipinski definition) is 1. The Kier molecular flexibility index (Phi) is 4.03. The molecule has 2 aromatic heterocycles. The molecule has 3 heteroatoms. The quantitative estimate of drug-likeness (QED) is 0.874. The second kappa shape index (κ2) is 5.71. The van der Waals surface area contributed by atoms with E-state index in [0.29, 0.717) is 6.04 Å². The second-order valence-corrected chi connectivity index (χ2v) is 4.86. The first-order chi connectivity index (χ1) is 8.65. The molecule has 0 aliphatic heterocycles. The van der Waals surface area contributed by atoms with E-state index in [2.05, 4.69) is 47.2 Å². The van der Waals surface area contributed by atoms with Gasteiger partial charge in [0.25, 0.3) is 0 Å². The predicted molar refractivity (Wildman–Crippen MR) is 75.8 cm³/mol. The molecular formula is C15H21N3. The summed E-state index contributed by atoms with van der Waals surface area (Å²) in [6.07, 6.45) is 4.28. The summed E-state index contributed by atoms with van der Waals surface area (Å²) in [4.78, 5) is 4.46. The minimum atomic E-state index is 0.425. The molecule has 1 N–H and O–H groups in total. The Labute approximate surface area is 109 Å². The Morgan fingerprint density at radius 1 is 1.28 bits per heavy atom. The third kappa shape index (κ3) is 3.36. The summed E-state index contributed by atoms with van der Waals surface area (Å²) in [6, 6.07) is 10.8. The highest BCUT2D eigenvalue weighted by molar-refractivity contribution is 5.36. The molecule has 0 spiro atoms. The van der Waals surface area contributed by atoms with E-state index in [1.807, 2.05) is 25.1 Å². The molecule has 0 fully saturated rings. The number of aryl methyl sites for hydroxylation is 3. The third-order valence-electron chi connectivity index (χ3n) is 3.17. The van der Waals surface area contributed by atoms with Gasteiger partial charge in [0, 0.05) is 30.7 Å². The maximum Gasteiger partial charge on any atom is 0.126 e. The highest BCUT2D eigenvalue weighted by Crippen LogP contribution is 2.10. The molecule has 0 bridgehead atoms. The van der Waals surface area contributed by atoms with Crippen LogP contribution in [0, 0.1) is 6.92 Å². The Morgan fingerprint density at radius 2 is 2.11 bits per heavy atom. The van der Waals surface area contributed by atoms with Crippen molar-refractivity contribution in [3.8, 4) is 0 Å². The van der Waals surface area contributed by atoms with Crippen molar-refractivity contribution in [2.24, 2.45) is 7.05 Å². The van der Waals surface area contributed by atoms with Crippen LogP contribution in [0.2, 0.25) is 0 Å². The van der Waals surface area contributed by atoms with Crippen LogP contribution >= 0.6 is 0 Å². The molecule has 0 saturated carbocycles. The Morgan fingerprint density at radius 3 is 2.78 bits per heavy atom. The fourth-order valence-electron chi connectivity index (χ4n) is 2.07. The monoisotopic (exact) mass is 243 g/mol. The summed E-state index contributed by atoms with van der Waals surface area (Å²) in [6.45, 7) is 4.22.